The molecule has 0 atom stereocenters. The maximum atomic E-state index is 13.9. The Kier molecular flexibility index (Phi) is 6.41. The molecule has 6 heteroatoms. The second-order valence-corrected chi connectivity index (χ2v) is 8.24. The first-order chi connectivity index (χ1) is 16.3. The van der Waals surface area contributed by atoms with Gasteiger partial charge in [0.15, 0.2) is 0 Å². The summed E-state index contributed by atoms with van der Waals surface area (Å²) in [7, 11) is 1.52. The maximum Gasteiger partial charge on any atom is 0.282 e. The van der Waals surface area contributed by atoms with Gasteiger partial charge in [-0.05, 0) is 68.7 Å². The Morgan fingerprint density at radius 3 is 2.26 bits per heavy atom. The number of carbonyl (C=O) groups is 2. The predicted molar refractivity (Wildman–Crippen MR) is 134 cm³/mol. The number of nitrogens with one attached hydrogen (secondary N) is 1. The van der Waals surface area contributed by atoms with Gasteiger partial charge in [-0.15, -0.1) is 0 Å². The lowest BCUT2D eigenvalue weighted by Gasteiger charge is -2.19. The topological polar surface area (TPSA) is 67.9 Å². The zero-order valence-electron chi connectivity index (χ0n) is 20.1. The molecule has 0 spiro atoms. The number of methoxy groups -OCH3 is 1. The third-order valence-electron chi connectivity index (χ3n) is 5.76. The molecule has 1 heterocycles. The molecule has 0 aliphatic carbocycles. The number of carbonyl (C=O) groups excluding carboxylic acids is 2. The molecule has 0 saturated carbocycles. The molecule has 3 aromatic rings. The van der Waals surface area contributed by atoms with Crippen LogP contribution in [-0.4, -0.2) is 25.5 Å². The highest BCUT2D eigenvalue weighted by Gasteiger charge is 2.42. The molecule has 1 aliphatic heterocycles. The van der Waals surface area contributed by atoms with Gasteiger partial charge >= 0.3 is 0 Å². The highest BCUT2D eigenvalue weighted by atomic mass is 16.5. The van der Waals surface area contributed by atoms with Gasteiger partial charge in [0, 0.05) is 0 Å². The van der Waals surface area contributed by atoms with Crippen LogP contribution in [0.5, 0.6) is 11.5 Å². The Bertz CT molecular complexity index is 1310. The van der Waals surface area contributed by atoms with Gasteiger partial charge in [0.25, 0.3) is 11.8 Å². The quantitative estimate of drug-likeness (QED) is 0.481. The summed E-state index contributed by atoms with van der Waals surface area (Å²) in [6.07, 6.45) is 0. The van der Waals surface area contributed by atoms with Crippen molar-refractivity contribution in [3.63, 3.8) is 0 Å². The van der Waals surface area contributed by atoms with Crippen molar-refractivity contribution in [1.29, 1.82) is 0 Å². The number of imide groups is 1. The Hall–Kier alpha value is -4.06. The van der Waals surface area contributed by atoms with Crippen molar-refractivity contribution in [2.75, 3.05) is 23.9 Å². The number of hydrogen-bond acceptors (Lipinski definition) is 5. The Morgan fingerprint density at radius 2 is 1.56 bits per heavy atom. The van der Waals surface area contributed by atoms with Crippen LogP contribution in [0.25, 0.3) is 5.57 Å². The lowest BCUT2D eigenvalue weighted by Crippen LogP contribution is -2.32. The van der Waals surface area contributed by atoms with Gasteiger partial charge in [0.2, 0.25) is 0 Å². The average molecular weight is 457 g/mol. The van der Waals surface area contributed by atoms with Crippen molar-refractivity contribution >= 4 is 28.8 Å². The first kappa shape index (κ1) is 23.1. The van der Waals surface area contributed by atoms with E-state index in [4.69, 9.17) is 9.47 Å². The number of amides is 2. The largest absolute Gasteiger partial charge is 0.495 e. The van der Waals surface area contributed by atoms with E-state index in [1.165, 1.54) is 12.0 Å². The van der Waals surface area contributed by atoms with Crippen LogP contribution < -0.4 is 19.7 Å². The van der Waals surface area contributed by atoms with Gasteiger partial charge in [-0.1, -0.05) is 42.0 Å². The summed E-state index contributed by atoms with van der Waals surface area (Å²) in [4.78, 5) is 28.9. The summed E-state index contributed by atoms with van der Waals surface area (Å²) >= 11 is 0. The zero-order chi connectivity index (χ0) is 24.4. The summed E-state index contributed by atoms with van der Waals surface area (Å²) in [6, 6.07) is 18.6. The smallest absolute Gasteiger partial charge is 0.282 e. The van der Waals surface area contributed by atoms with Gasteiger partial charge in [-0.3, -0.25) is 9.59 Å². The van der Waals surface area contributed by atoms with Gasteiger partial charge < -0.3 is 14.8 Å². The van der Waals surface area contributed by atoms with Crippen molar-refractivity contribution in [2.45, 2.75) is 27.7 Å². The Labute approximate surface area is 199 Å². The minimum atomic E-state index is -0.449. The lowest BCUT2D eigenvalue weighted by atomic mass is 9.97. The maximum absolute atomic E-state index is 13.9. The highest BCUT2D eigenvalue weighted by molar-refractivity contribution is 6.46. The van der Waals surface area contributed by atoms with Crippen LogP contribution in [0.3, 0.4) is 0 Å². The van der Waals surface area contributed by atoms with Crippen molar-refractivity contribution in [3.05, 3.63) is 88.6 Å². The highest BCUT2D eigenvalue weighted by Crippen LogP contribution is 2.40. The fourth-order valence-corrected chi connectivity index (χ4v) is 4.17. The number of anilines is 2. The van der Waals surface area contributed by atoms with E-state index in [0.717, 1.165) is 16.7 Å². The van der Waals surface area contributed by atoms with Crippen LogP contribution in [0.15, 0.2) is 66.4 Å². The van der Waals surface area contributed by atoms with E-state index < -0.39 is 11.8 Å². The van der Waals surface area contributed by atoms with Crippen LogP contribution in [0.4, 0.5) is 11.4 Å². The molecule has 34 heavy (non-hydrogen) atoms. The Morgan fingerprint density at radius 1 is 0.853 bits per heavy atom. The second kappa shape index (κ2) is 9.43. The van der Waals surface area contributed by atoms with Crippen LogP contribution in [0.2, 0.25) is 0 Å². The molecule has 4 rings (SSSR count). The number of benzene rings is 3. The molecule has 0 bridgehead atoms. The molecule has 174 valence electrons. The van der Waals surface area contributed by atoms with Gasteiger partial charge in [0.1, 0.15) is 17.2 Å². The molecule has 0 fully saturated rings. The first-order valence-electron chi connectivity index (χ1n) is 11.2. The Balaban J connectivity index is 1.90. The average Bonchev–Trinajstić information content (AvgIpc) is 3.04. The van der Waals surface area contributed by atoms with Crippen molar-refractivity contribution in [1.82, 2.24) is 0 Å². The van der Waals surface area contributed by atoms with Crippen LogP contribution in [-0.2, 0) is 9.59 Å². The molecule has 0 saturated heterocycles. The molecule has 3 aromatic carbocycles. The molecule has 2 amide bonds. The summed E-state index contributed by atoms with van der Waals surface area (Å²) < 4.78 is 11.2. The predicted octanol–water partition coefficient (Wildman–Crippen LogP) is 5.42. The monoisotopic (exact) mass is 456 g/mol. The molecule has 1 aliphatic rings. The molecule has 1 N–H and O–H groups in total. The molecular weight excluding hydrogens is 428 g/mol. The van der Waals surface area contributed by atoms with E-state index in [0.29, 0.717) is 40.6 Å². The summed E-state index contributed by atoms with van der Waals surface area (Å²) in [5, 5.41) is 3.22. The fraction of sp³-hybridized carbons (Fsp3) is 0.214. The van der Waals surface area contributed by atoms with Crippen molar-refractivity contribution in [2.24, 2.45) is 0 Å². The lowest BCUT2D eigenvalue weighted by molar-refractivity contribution is -0.120. The van der Waals surface area contributed by atoms with E-state index in [-0.39, 0.29) is 5.70 Å². The van der Waals surface area contributed by atoms with E-state index in [9.17, 15) is 9.59 Å². The molecule has 6 nitrogen and oxygen atoms in total. The van der Waals surface area contributed by atoms with Gasteiger partial charge in [-0.2, -0.15) is 0 Å². The number of aryl methyl sites for hydroxylation is 3. The molecule has 0 radical (unpaired) electrons. The summed E-state index contributed by atoms with van der Waals surface area (Å²) in [5.74, 6) is 0.194. The van der Waals surface area contributed by atoms with Crippen molar-refractivity contribution in [3.8, 4) is 11.5 Å². The minimum Gasteiger partial charge on any atom is -0.495 e. The number of ether oxygens (including phenoxy) is 2. The third kappa shape index (κ3) is 4.15. The van der Waals surface area contributed by atoms with Crippen LogP contribution >= 0.6 is 0 Å². The first-order valence-corrected chi connectivity index (χ1v) is 11.2. The van der Waals surface area contributed by atoms with Crippen LogP contribution in [0.1, 0.15) is 29.2 Å². The normalized spacial score (nSPS) is 13.5. The minimum absolute atomic E-state index is 0.202. The summed E-state index contributed by atoms with van der Waals surface area (Å²) in [5.41, 5.74) is 5.14. The van der Waals surface area contributed by atoms with Gasteiger partial charge in [-0.25, -0.2) is 4.90 Å². The SMILES string of the molecule is CCOc1ccccc1NC1=C(c2ccc(C)cc2C)C(=O)N(c2cc(C)ccc2OC)C1=O. The number of para-hydroxylation sites is 2. The molecule has 0 unspecified atom stereocenters. The number of rotatable bonds is 7. The second-order valence-electron chi connectivity index (χ2n) is 8.24. The van der Waals surface area contributed by atoms with E-state index in [1.54, 1.807) is 12.1 Å². The third-order valence-corrected chi connectivity index (χ3v) is 5.76. The fourth-order valence-electron chi connectivity index (χ4n) is 4.17. The van der Waals surface area contributed by atoms with Crippen LogP contribution in [0, 0.1) is 20.8 Å². The standard InChI is InChI=1S/C28H28N2O4/c1-6-34-23-10-8-7-9-21(23)29-26-25(20-13-11-17(2)15-19(20)4)27(31)30(28(26)32)22-16-18(3)12-14-24(22)33-5/h7-16,29H,6H2,1-5H3. The zero-order valence-corrected chi connectivity index (χ0v) is 20.1. The molecule has 0 aromatic heterocycles. The van der Waals surface area contributed by atoms with E-state index in [1.807, 2.05) is 76.2 Å². The van der Waals surface area contributed by atoms with Gasteiger partial charge in [0.05, 0.1) is 30.7 Å². The number of nitrogens with zero attached hydrogens (tertiary/aromatic N) is 1. The van der Waals surface area contributed by atoms with Crippen molar-refractivity contribution < 1.29 is 19.1 Å². The molecular formula is C28H28N2O4. The number of hydrogen-bond donors (Lipinski definition) is 1. The summed E-state index contributed by atoms with van der Waals surface area (Å²) in [6.45, 7) is 8.21. The van der Waals surface area contributed by atoms with E-state index in [2.05, 4.69) is 5.32 Å². The van der Waals surface area contributed by atoms with E-state index >= 15 is 0 Å².